The third kappa shape index (κ3) is 3.95. The smallest absolute Gasteiger partial charge is 0.219 e. The lowest BCUT2D eigenvalue weighted by Gasteiger charge is -2.32. The summed E-state index contributed by atoms with van der Waals surface area (Å²) in [6, 6.07) is 0.695. The summed E-state index contributed by atoms with van der Waals surface area (Å²) in [5.74, 6) is 1.79. The normalized spacial score (nSPS) is 31.7. The molecule has 3 nitrogen and oxygen atoms in total. The highest BCUT2D eigenvalue weighted by atomic mass is 16.2. The fourth-order valence-corrected chi connectivity index (χ4v) is 3.94. The predicted molar refractivity (Wildman–Crippen MR) is 78.9 cm³/mol. The van der Waals surface area contributed by atoms with E-state index in [1.165, 1.54) is 12.8 Å². The maximum Gasteiger partial charge on any atom is 0.219 e. The van der Waals surface area contributed by atoms with Crippen LogP contribution in [0.15, 0.2) is 0 Å². The molecular weight excluding hydrogens is 236 g/mol. The van der Waals surface area contributed by atoms with E-state index < -0.39 is 0 Å². The summed E-state index contributed by atoms with van der Waals surface area (Å²) in [5, 5.41) is 3.80. The van der Waals surface area contributed by atoms with Gasteiger partial charge in [0.05, 0.1) is 0 Å². The van der Waals surface area contributed by atoms with E-state index >= 15 is 0 Å². The number of rotatable bonds is 3. The quantitative estimate of drug-likeness (QED) is 0.852. The van der Waals surface area contributed by atoms with Gasteiger partial charge in [0.2, 0.25) is 5.91 Å². The van der Waals surface area contributed by atoms with Crippen LogP contribution in [0.1, 0.15) is 53.4 Å². The molecule has 1 saturated carbocycles. The molecule has 0 aromatic heterocycles. The lowest BCUT2D eigenvalue weighted by molar-refractivity contribution is -0.130. The molecule has 0 aromatic rings. The summed E-state index contributed by atoms with van der Waals surface area (Å²) in [6.07, 6.45) is 4.97. The molecule has 1 N–H and O–H groups in total. The van der Waals surface area contributed by atoms with E-state index in [0.717, 1.165) is 44.3 Å². The van der Waals surface area contributed by atoms with E-state index in [9.17, 15) is 4.79 Å². The highest BCUT2D eigenvalue weighted by molar-refractivity contribution is 5.73. The maximum atomic E-state index is 11.3. The Morgan fingerprint density at radius 1 is 1.26 bits per heavy atom. The second-order valence-corrected chi connectivity index (χ2v) is 7.51. The van der Waals surface area contributed by atoms with Crippen LogP contribution in [0.25, 0.3) is 0 Å². The van der Waals surface area contributed by atoms with Crippen LogP contribution < -0.4 is 5.32 Å². The summed E-state index contributed by atoms with van der Waals surface area (Å²) in [6.45, 7) is 11.9. The van der Waals surface area contributed by atoms with Crippen molar-refractivity contribution in [2.24, 2.45) is 17.3 Å². The number of nitrogens with one attached hydrogen (secondary N) is 1. The Kier molecular flexibility index (Phi) is 4.54. The van der Waals surface area contributed by atoms with Crippen molar-refractivity contribution in [2.45, 2.75) is 59.4 Å². The van der Waals surface area contributed by atoms with Gasteiger partial charge >= 0.3 is 0 Å². The van der Waals surface area contributed by atoms with Crippen molar-refractivity contribution in [3.05, 3.63) is 0 Å². The zero-order chi connectivity index (χ0) is 14.0. The Balaban J connectivity index is 1.71. The van der Waals surface area contributed by atoms with Gasteiger partial charge in [0.1, 0.15) is 0 Å². The highest BCUT2D eigenvalue weighted by Crippen LogP contribution is 2.40. The van der Waals surface area contributed by atoms with Gasteiger partial charge in [0.25, 0.3) is 0 Å². The average Bonchev–Trinajstić information content (AvgIpc) is 2.60. The van der Waals surface area contributed by atoms with E-state index in [0.29, 0.717) is 11.5 Å². The van der Waals surface area contributed by atoms with Crippen molar-refractivity contribution in [3.8, 4) is 0 Å². The maximum absolute atomic E-state index is 11.3. The molecule has 2 aliphatic rings. The molecule has 2 rings (SSSR count). The molecule has 1 saturated heterocycles. The summed E-state index contributed by atoms with van der Waals surface area (Å²) in [7, 11) is 0. The summed E-state index contributed by atoms with van der Waals surface area (Å²) < 4.78 is 0. The number of amides is 1. The van der Waals surface area contributed by atoms with Crippen molar-refractivity contribution in [3.63, 3.8) is 0 Å². The van der Waals surface area contributed by atoms with Crippen LogP contribution in [0.5, 0.6) is 0 Å². The van der Waals surface area contributed by atoms with Crippen molar-refractivity contribution < 1.29 is 4.79 Å². The number of hydrogen-bond acceptors (Lipinski definition) is 2. The van der Waals surface area contributed by atoms with Crippen LogP contribution in [0.2, 0.25) is 0 Å². The standard InChI is InChI=1S/C16H30N2O/c1-12-9-16(3,4)10-15(12)17-11-14-5-7-18(8-6-14)13(2)19/h12,14-15,17H,5-11H2,1-4H3/t12-,15+/m1/s1. The minimum Gasteiger partial charge on any atom is -0.343 e. The van der Waals surface area contributed by atoms with Crippen molar-refractivity contribution in [2.75, 3.05) is 19.6 Å². The molecule has 1 heterocycles. The van der Waals surface area contributed by atoms with Crippen molar-refractivity contribution in [1.29, 1.82) is 0 Å². The van der Waals surface area contributed by atoms with Gasteiger partial charge in [-0.3, -0.25) is 4.79 Å². The van der Waals surface area contributed by atoms with E-state index in [1.807, 2.05) is 4.90 Å². The molecule has 3 heteroatoms. The number of carbonyl (C=O) groups is 1. The molecule has 0 unspecified atom stereocenters. The Morgan fingerprint density at radius 2 is 1.89 bits per heavy atom. The minimum absolute atomic E-state index is 0.234. The molecule has 0 radical (unpaired) electrons. The molecule has 1 amide bonds. The van der Waals surface area contributed by atoms with Gasteiger partial charge in [0, 0.05) is 26.1 Å². The molecule has 0 aromatic carbocycles. The third-order valence-electron chi connectivity index (χ3n) is 5.06. The average molecular weight is 266 g/mol. The summed E-state index contributed by atoms with van der Waals surface area (Å²) >= 11 is 0. The molecule has 110 valence electrons. The lowest BCUT2D eigenvalue weighted by atomic mass is 9.91. The zero-order valence-corrected chi connectivity index (χ0v) is 13.0. The van der Waals surface area contributed by atoms with Gasteiger partial charge in [-0.2, -0.15) is 0 Å². The Labute approximate surface area is 118 Å². The van der Waals surface area contributed by atoms with E-state index in [4.69, 9.17) is 0 Å². The van der Waals surface area contributed by atoms with Gasteiger partial charge in [-0.05, 0) is 49.5 Å². The molecule has 1 aliphatic carbocycles. The zero-order valence-electron chi connectivity index (χ0n) is 13.0. The summed E-state index contributed by atoms with van der Waals surface area (Å²) in [4.78, 5) is 13.3. The third-order valence-corrected chi connectivity index (χ3v) is 5.06. The SMILES string of the molecule is CC(=O)N1CCC(CN[C@H]2CC(C)(C)C[C@H]2C)CC1. The number of hydrogen-bond donors (Lipinski definition) is 1. The van der Waals surface area contributed by atoms with Crippen LogP contribution in [0.3, 0.4) is 0 Å². The van der Waals surface area contributed by atoms with Crippen LogP contribution in [0, 0.1) is 17.3 Å². The lowest BCUT2D eigenvalue weighted by Crippen LogP contribution is -2.42. The first-order valence-corrected chi connectivity index (χ1v) is 7.86. The molecule has 0 bridgehead atoms. The fraction of sp³-hybridized carbons (Fsp3) is 0.938. The number of carbonyl (C=O) groups excluding carboxylic acids is 1. The van der Waals surface area contributed by atoms with Crippen LogP contribution >= 0.6 is 0 Å². The van der Waals surface area contributed by atoms with Gasteiger partial charge < -0.3 is 10.2 Å². The molecule has 1 aliphatic heterocycles. The number of nitrogens with zero attached hydrogens (tertiary/aromatic N) is 1. The first-order valence-electron chi connectivity index (χ1n) is 7.86. The Hall–Kier alpha value is -0.570. The van der Waals surface area contributed by atoms with E-state index in [-0.39, 0.29) is 5.91 Å². The molecule has 0 spiro atoms. The first kappa shape index (κ1) is 14.8. The summed E-state index contributed by atoms with van der Waals surface area (Å²) in [5.41, 5.74) is 0.509. The Bertz CT molecular complexity index is 319. The van der Waals surface area contributed by atoms with Crippen LogP contribution in [-0.2, 0) is 4.79 Å². The molecular formula is C16H30N2O. The van der Waals surface area contributed by atoms with Gasteiger partial charge in [-0.1, -0.05) is 20.8 Å². The largest absolute Gasteiger partial charge is 0.343 e. The van der Waals surface area contributed by atoms with Gasteiger partial charge in [0.15, 0.2) is 0 Å². The first-order chi connectivity index (χ1) is 8.87. The second kappa shape index (κ2) is 5.82. The van der Waals surface area contributed by atoms with Crippen LogP contribution in [-0.4, -0.2) is 36.5 Å². The topological polar surface area (TPSA) is 32.3 Å². The van der Waals surface area contributed by atoms with E-state index in [1.54, 1.807) is 6.92 Å². The number of piperidine rings is 1. The molecule has 2 atom stereocenters. The Morgan fingerprint density at radius 3 is 2.37 bits per heavy atom. The van der Waals surface area contributed by atoms with Crippen molar-refractivity contribution >= 4 is 5.91 Å². The fourth-order valence-electron chi connectivity index (χ4n) is 3.94. The highest BCUT2D eigenvalue weighted by Gasteiger charge is 2.36. The predicted octanol–water partition coefficient (Wildman–Crippen LogP) is 2.66. The van der Waals surface area contributed by atoms with Gasteiger partial charge in [-0.25, -0.2) is 0 Å². The van der Waals surface area contributed by atoms with Crippen molar-refractivity contribution in [1.82, 2.24) is 10.2 Å². The number of likely N-dealkylation sites (tertiary alicyclic amines) is 1. The van der Waals surface area contributed by atoms with Gasteiger partial charge in [-0.15, -0.1) is 0 Å². The second-order valence-electron chi connectivity index (χ2n) is 7.51. The van der Waals surface area contributed by atoms with Crippen LogP contribution in [0.4, 0.5) is 0 Å². The monoisotopic (exact) mass is 266 g/mol. The molecule has 19 heavy (non-hydrogen) atoms. The van der Waals surface area contributed by atoms with E-state index in [2.05, 4.69) is 26.1 Å². The minimum atomic E-state index is 0.234. The molecule has 2 fully saturated rings.